The lowest BCUT2D eigenvalue weighted by Gasteiger charge is -2.03. The van der Waals surface area contributed by atoms with Crippen LogP contribution in [0.25, 0.3) is 5.65 Å². The minimum absolute atomic E-state index is 0.211. The van der Waals surface area contributed by atoms with Crippen LogP contribution >= 0.6 is 0 Å². The summed E-state index contributed by atoms with van der Waals surface area (Å²) in [5, 5.41) is 8.30. The van der Waals surface area contributed by atoms with Gasteiger partial charge in [0.2, 0.25) is 0 Å². The maximum Gasteiger partial charge on any atom is 0.161 e. The third-order valence-corrected chi connectivity index (χ3v) is 2.46. The van der Waals surface area contributed by atoms with E-state index in [1.165, 1.54) is 5.56 Å². The number of nitrogens with two attached hydrogens (primary N) is 1. The lowest BCUT2D eigenvalue weighted by atomic mass is 10.2. The fraction of sp³-hybridized carbons (Fsp3) is 0.455. The molecule has 0 bridgehead atoms. The van der Waals surface area contributed by atoms with Crippen LogP contribution in [0.1, 0.15) is 24.7 Å². The van der Waals surface area contributed by atoms with Gasteiger partial charge in [0.15, 0.2) is 5.65 Å². The smallest absolute Gasteiger partial charge is 0.161 e. The van der Waals surface area contributed by atoms with E-state index < -0.39 is 0 Å². The van der Waals surface area contributed by atoms with Crippen LogP contribution in [0.15, 0.2) is 18.3 Å². The van der Waals surface area contributed by atoms with Crippen LogP contribution in [0, 0.1) is 6.92 Å². The van der Waals surface area contributed by atoms with Crippen molar-refractivity contribution in [1.29, 1.82) is 0 Å². The molecular weight excluding hydrogens is 188 g/mol. The van der Waals surface area contributed by atoms with Crippen molar-refractivity contribution in [3.8, 4) is 0 Å². The molecule has 2 rings (SSSR count). The van der Waals surface area contributed by atoms with Gasteiger partial charge in [-0.25, -0.2) is 0 Å². The Morgan fingerprint density at radius 1 is 1.47 bits per heavy atom. The summed E-state index contributed by atoms with van der Waals surface area (Å²) in [6.07, 6.45) is 3.83. The van der Waals surface area contributed by atoms with Gasteiger partial charge in [0.1, 0.15) is 5.82 Å². The van der Waals surface area contributed by atoms with Gasteiger partial charge in [-0.15, -0.1) is 10.2 Å². The van der Waals surface area contributed by atoms with E-state index in [1.54, 1.807) is 0 Å². The minimum atomic E-state index is 0.211. The highest BCUT2D eigenvalue weighted by atomic mass is 15.2. The molecule has 0 saturated carbocycles. The molecule has 1 unspecified atom stereocenters. The van der Waals surface area contributed by atoms with Crippen molar-refractivity contribution in [3.63, 3.8) is 0 Å². The standard InChI is InChI=1S/C11H16N4/c1-8-5-6-15-10(4-3-9(2)12)13-14-11(15)7-8/h5-7,9H,3-4,12H2,1-2H3. The molecule has 15 heavy (non-hydrogen) atoms. The summed E-state index contributed by atoms with van der Waals surface area (Å²) in [5.74, 6) is 0.988. The van der Waals surface area contributed by atoms with Crippen molar-refractivity contribution in [2.24, 2.45) is 5.73 Å². The van der Waals surface area contributed by atoms with E-state index in [4.69, 9.17) is 5.73 Å². The van der Waals surface area contributed by atoms with Crippen molar-refractivity contribution >= 4 is 5.65 Å². The largest absolute Gasteiger partial charge is 0.328 e. The Morgan fingerprint density at radius 2 is 2.27 bits per heavy atom. The number of pyridine rings is 1. The van der Waals surface area contributed by atoms with Gasteiger partial charge in [-0.1, -0.05) is 0 Å². The lowest BCUT2D eigenvalue weighted by Crippen LogP contribution is -2.16. The van der Waals surface area contributed by atoms with Crippen LogP contribution in [0.4, 0.5) is 0 Å². The summed E-state index contributed by atoms with van der Waals surface area (Å²) in [6.45, 7) is 4.06. The highest BCUT2D eigenvalue weighted by Gasteiger charge is 2.05. The van der Waals surface area contributed by atoms with Crippen molar-refractivity contribution in [2.45, 2.75) is 32.7 Å². The fourth-order valence-electron chi connectivity index (χ4n) is 1.57. The van der Waals surface area contributed by atoms with Crippen LogP contribution in [0.3, 0.4) is 0 Å². The lowest BCUT2D eigenvalue weighted by molar-refractivity contribution is 0.644. The zero-order valence-corrected chi connectivity index (χ0v) is 9.14. The van der Waals surface area contributed by atoms with Crippen molar-refractivity contribution in [3.05, 3.63) is 29.7 Å². The summed E-state index contributed by atoms with van der Waals surface area (Å²) in [5.41, 5.74) is 7.83. The van der Waals surface area contributed by atoms with E-state index in [0.29, 0.717) is 0 Å². The molecule has 4 heteroatoms. The Balaban J connectivity index is 2.29. The molecule has 4 nitrogen and oxygen atoms in total. The molecule has 0 aromatic carbocycles. The molecule has 0 aliphatic rings. The Morgan fingerprint density at radius 3 is 3.00 bits per heavy atom. The van der Waals surface area contributed by atoms with E-state index in [0.717, 1.165) is 24.3 Å². The Bertz CT molecular complexity index is 459. The molecule has 0 radical (unpaired) electrons. The van der Waals surface area contributed by atoms with E-state index >= 15 is 0 Å². The van der Waals surface area contributed by atoms with E-state index in [-0.39, 0.29) is 6.04 Å². The zero-order valence-electron chi connectivity index (χ0n) is 9.14. The van der Waals surface area contributed by atoms with Crippen LogP contribution in [-0.4, -0.2) is 20.6 Å². The predicted octanol–water partition coefficient (Wildman–Crippen LogP) is 1.32. The molecule has 0 spiro atoms. The SMILES string of the molecule is Cc1ccn2c(CCC(C)N)nnc2c1. The zero-order chi connectivity index (χ0) is 10.8. The van der Waals surface area contributed by atoms with E-state index in [9.17, 15) is 0 Å². The Hall–Kier alpha value is -1.42. The molecule has 0 saturated heterocycles. The maximum absolute atomic E-state index is 5.72. The number of rotatable bonds is 3. The normalized spacial score (nSPS) is 13.3. The molecule has 2 N–H and O–H groups in total. The minimum Gasteiger partial charge on any atom is -0.328 e. The van der Waals surface area contributed by atoms with Gasteiger partial charge >= 0.3 is 0 Å². The van der Waals surface area contributed by atoms with Gasteiger partial charge in [0.05, 0.1) is 0 Å². The Kier molecular flexibility index (Phi) is 2.68. The highest BCUT2D eigenvalue weighted by molar-refractivity contribution is 5.40. The Labute approximate surface area is 89.1 Å². The molecule has 0 fully saturated rings. The molecule has 2 aromatic heterocycles. The van der Waals surface area contributed by atoms with E-state index in [2.05, 4.69) is 23.2 Å². The molecule has 2 aromatic rings. The summed E-state index contributed by atoms with van der Waals surface area (Å²) >= 11 is 0. The molecular formula is C11H16N4. The maximum atomic E-state index is 5.72. The first kappa shape index (κ1) is 10.1. The second kappa shape index (κ2) is 3.98. The summed E-state index contributed by atoms with van der Waals surface area (Å²) in [7, 11) is 0. The van der Waals surface area contributed by atoms with Gasteiger partial charge in [-0.2, -0.15) is 0 Å². The van der Waals surface area contributed by atoms with Crippen LogP contribution < -0.4 is 5.73 Å². The summed E-state index contributed by atoms with van der Waals surface area (Å²) < 4.78 is 2.02. The van der Waals surface area contributed by atoms with Gasteiger partial charge in [0.25, 0.3) is 0 Å². The number of nitrogens with zero attached hydrogens (tertiary/aromatic N) is 3. The summed E-state index contributed by atoms with van der Waals surface area (Å²) in [4.78, 5) is 0. The number of aryl methyl sites for hydroxylation is 2. The van der Waals surface area contributed by atoms with Gasteiger partial charge < -0.3 is 5.73 Å². The topological polar surface area (TPSA) is 56.2 Å². The van der Waals surface area contributed by atoms with Crippen molar-refractivity contribution in [2.75, 3.05) is 0 Å². The van der Waals surface area contributed by atoms with E-state index in [1.807, 2.05) is 23.6 Å². The van der Waals surface area contributed by atoms with Gasteiger partial charge in [0, 0.05) is 18.7 Å². The fourth-order valence-corrected chi connectivity index (χ4v) is 1.57. The second-order valence-corrected chi connectivity index (χ2v) is 4.06. The van der Waals surface area contributed by atoms with Crippen molar-refractivity contribution < 1.29 is 0 Å². The molecule has 2 heterocycles. The molecule has 0 aliphatic carbocycles. The molecule has 0 amide bonds. The summed E-state index contributed by atoms with van der Waals surface area (Å²) in [6, 6.07) is 4.30. The van der Waals surface area contributed by atoms with Gasteiger partial charge in [-0.3, -0.25) is 4.40 Å². The third kappa shape index (κ3) is 2.15. The first-order valence-electron chi connectivity index (χ1n) is 5.22. The number of fused-ring (bicyclic) bond motifs is 1. The monoisotopic (exact) mass is 204 g/mol. The highest BCUT2D eigenvalue weighted by Crippen LogP contribution is 2.08. The second-order valence-electron chi connectivity index (χ2n) is 4.06. The van der Waals surface area contributed by atoms with Crippen LogP contribution in [0.5, 0.6) is 0 Å². The quantitative estimate of drug-likeness (QED) is 0.820. The number of hydrogen-bond acceptors (Lipinski definition) is 3. The molecule has 1 atom stereocenters. The third-order valence-electron chi connectivity index (χ3n) is 2.46. The molecule has 0 aliphatic heterocycles. The first-order chi connectivity index (χ1) is 7.16. The predicted molar refractivity (Wildman–Crippen MR) is 59.7 cm³/mol. The first-order valence-corrected chi connectivity index (χ1v) is 5.22. The van der Waals surface area contributed by atoms with Crippen LogP contribution in [-0.2, 0) is 6.42 Å². The van der Waals surface area contributed by atoms with Crippen molar-refractivity contribution in [1.82, 2.24) is 14.6 Å². The number of aromatic nitrogens is 3. The average molecular weight is 204 g/mol. The number of hydrogen-bond donors (Lipinski definition) is 1. The average Bonchev–Trinajstić information content (AvgIpc) is 2.57. The molecule has 80 valence electrons. The van der Waals surface area contributed by atoms with Gasteiger partial charge in [-0.05, 0) is 38.0 Å². The van der Waals surface area contributed by atoms with Crippen LogP contribution in [0.2, 0.25) is 0 Å².